The molecule has 0 unspecified atom stereocenters. The third-order valence-corrected chi connectivity index (χ3v) is 14.0. The molecule has 8 heteroatoms. The van der Waals surface area contributed by atoms with Crippen LogP contribution in [0.1, 0.15) is 309 Å². The average molecular weight is 914 g/mol. The number of rotatable bonds is 50. The second kappa shape index (κ2) is 43.3. The zero-order chi connectivity index (χ0) is 46.7. The Balaban J connectivity index is 1.68. The van der Waals surface area contributed by atoms with Crippen LogP contribution in [0.15, 0.2) is 6.20 Å². The first-order valence-corrected chi connectivity index (χ1v) is 29.0. The first-order chi connectivity index (χ1) is 32.0. The van der Waals surface area contributed by atoms with Crippen molar-refractivity contribution in [3.8, 4) is 0 Å². The molecule has 1 aromatic heterocycles. The Morgan fingerprint density at radius 1 is 0.492 bits per heavy atom. The van der Waals surface area contributed by atoms with Crippen LogP contribution in [0.2, 0.25) is 0 Å². The van der Waals surface area contributed by atoms with E-state index in [0.29, 0.717) is 18.8 Å². The quantitative estimate of drug-likeness (QED) is 0.0475. The van der Waals surface area contributed by atoms with Gasteiger partial charge < -0.3 is 14.4 Å². The fraction of sp³-hybridized carbons (Fsp3) is 0.930. The molecule has 0 N–H and O–H groups in total. The molecule has 0 aromatic carbocycles. The van der Waals surface area contributed by atoms with E-state index in [1.165, 1.54) is 211 Å². The summed E-state index contributed by atoms with van der Waals surface area (Å²) in [4.78, 5) is 28.5. The maximum atomic E-state index is 12.9. The maximum Gasteiger partial charge on any atom is 0.306 e. The Kier molecular flexibility index (Phi) is 39.4. The van der Waals surface area contributed by atoms with Crippen LogP contribution in [-0.4, -0.2) is 63.7 Å². The van der Waals surface area contributed by atoms with Crippen LogP contribution in [0, 0.1) is 0 Å². The minimum Gasteiger partial charge on any atom is -0.462 e. The zero-order valence-electron chi connectivity index (χ0n) is 43.8. The maximum absolute atomic E-state index is 12.9. The van der Waals surface area contributed by atoms with Gasteiger partial charge >= 0.3 is 11.9 Å². The molecule has 1 fully saturated rings. The monoisotopic (exact) mass is 913 g/mol. The van der Waals surface area contributed by atoms with Gasteiger partial charge in [0.15, 0.2) is 0 Å². The molecule has 65 heavy (non-hydrogen) atoms. The van der Waals surface area contributed by atoms with Crippen molar-refractivity contribution >= 4 is 11.9 Å². The number of ether oxygens (including phenoxy) is 2. The van der Waals surface area contributed by atoms with E-state index in [2.05, 4.69) is 53.8 Å². The molecule has 1 aromatic rings. The van der Waals surface area contributed by atoms with E-state index in [-0.39, 0.29) is 24.1 Å². The number of nitrogens with zero attached hydrogens (tertiary/aromatic N) is 4. The molecule has 380 valence electrons. The molecule has 0 bridgehead atoms. The zero-order valence-corrected chi connectivity index (χ0v) is 43.8. The van der Waals surface area contributed by atoms with Crippen molar-refractivity contribution in [2.75, 3.05) is 19.6 Å². The molecule has 0 saturated heterocycles. The number of unbranched alkanes of at least 4 members (excludes halogenated alkanes) is 28. The molecule has 0 atom stereocenters. The lowest BCUT2D eigenvalue weighted by Gasteiger charge is -2.22. The van der Waals surface area contributed by atoms with Crippen LogP contribution in [0.5, 0.6) is 0 Å². The average Bonchev–Trinajstić information content (AvgIpc) is 4.05. The molecule has 0 spiro atoms. The van der Waals surface area contributed by atoms with Crippen molar-refractivity contribution < 1.29 is 19.1 Å². The van der Waals surface area contributed by atoms with Gasteiger partial charge in [0.2, 0.25) is 0 Å². The molecule has 1 saturated carbocycles. The lowest BCUT2D eigenvalue weighted by molar-refractivity contribution is -0.151. The predicted molar refractivity (Wildman–Crippen MR) is 276 cm³/mol. The highest BCUT2D eigenvalue weighted by Crippen LogP contribution is 2.38. The Labute approximate surface area is 403 Å². The van der Waals surface area contributed by atoms with Gasteiger partial charge in [-0.1, -0.05) is 200 Å². The summed E-state index contributed by atoms with van der Waals surface area (Å²) in [6.07, 6.45) is 52.3. The summed E-state index contributed by atoms with van der Waals surface area (Å²) in [6.45, 7) is 13.2. The fourth-order valence-corrected chi connectivity index (χ4v) is 9.46. The number of hydrogen-bond donors (Lipinski definition) is 0. The number of aromatic nitrogens is 3. The SMILES string of the molecule is CCCCCCCCC(CCCCCCCC)OC(=O)CCCCCCCN(CCCCCCCC(=O)OC(CCCCCCCC)CCCCCCCC)CCn1cc(C2CC2)nn1. The van der Waals surface area contributed by atoms with Gasteiger partial charge in [0.05, 0.1) is 12.2 Å². The van der Waals surface area contributed by atoms with Gasteiger partial charge in [-0.05, 0) is 103 Å². The fourth-order valence-electron chi connectivity index (χ4n) is 9.46. The minimum absolute atomic E-state index is 0.0299. The van der Waals surface area contributed by atoms with Gasteiger partial charge in [-0.2, -0.15) is 0 Å². The second-order valence-electron chi connectivity index (χ2n) is 20.5. The summed E-state index contributed by atoms with van der Waals surface area (Å²) in [5.74, 6) is 0.696. The van der Waals surface area contributed by atoms with Crippen LogP contribution in [0.4, 0.5) is 0 Å². The van der Waals surface area contributed by atoms with Crippen molar-refractivity contribution in [1.82, 2.24) is 19.9 Å². The van der Waals surface area contributed by atoms with E-state index in [4.69, 9.17) is 9.47 Å². The second-order valence-corrected chi connectivity index (χ2v) is 20.5. The van der Waals surface area contributed by atoms with Gasteiger partial charge in [-0.3, -0.25) is 14.3 Å². The number of hydrogen-bond acceptors (Lipinski definition) is 7. The first-order valence-electron chi connectivity index (χ1n) is 29.0. The topological polar surface area (TPSA) is 86.5 Å². The van der Waals surface area contributed by atoms with Crippen LogP contribution in [0.3, 0.4) is 0 Å². The van der Waals surface area contributed by atoms with Crippen molar-refractivity contribution in [2.24, 2.45) is 0 Å². The standard InChI is InChI=1S/C57H108N4O4/c1-5-9-13-17-23-31-39-53(40-32-24-18-14-10-6-2)64-56(62)43-35-27-21-29-37-47-60(49-50-61-51-55(58-59-61)52-45-46-52)48-38-30-22-28-36-44-57(63)65-54(41-33-25-19-15-11-7-3)42-34-26-20-16-12-8-4/h51-54H,5-50H2,1-4H3. The van der Waals surface area contributed by atoms with Crippen LogP contribution >= 0.6 is 0 Å². The Hall–Kier alpha value is -1.96. The molecule has 2 rings (SSSR count). The summed E-state index contributed by atoms with van der Waals surface area (Å²) in [7, 11) is 0. The molecule has 0 radical (unpaired) electrons. The Morgan fingerprint density at radius 3 is 1.20 bits per heavy atom. The number of esters is 2. The Morgan fingerprint density at radius 2 is 0.831 bits per heavy atom. The van der Waals surface area contributed by atoms with Crippen molar-refractivity contribution in [3.05, 3.63) is 11.9 Å². The molecule has 1 aliphatic rings. The van der Waals surface area contributed by atoms with E-state index in [9.17, 15) is 9.59 Å². The van der Waals surface area contributed by atoms with Gasteiger partial charge in [-0.15, -0.1) is 5.10 Å². The van der Waals surface area contributed by atoms with E-state index in [1.807, 2.05) is 0 Å². The highest BCUT2D eigenvalue weighted by atomic mass is 16.5. The number of carbonyl (C=O) groups excluding carboxylic acids is 2. The van der Waals surface area contributed by atoms with E-state index in [1.54, 1.807) is 0 Å². The molecule has 0 aliphatic heterocycles. The first kappa shape index (κ1) is 59.2. The summed E-state index contributed by atoms with van der Waals surface area (Å²) < 4.78 is 14.3. The van der Waals surface area contributed by atoms with E-state index < -0.39 is 0 Å². The number of carbonyl (C=O) groups is 2. The summed E-state index contributed by atoms with van der Waals surface area (Å²) in [5, 5.41) is 8.90. The van der Waals surface area contributed by atoms with Crippen LogP contribution in [-0.2, 0) is 25.6 Å². The predicted octanol–water partition coefficient (Wildman–Crippen LogP) is 17.0. The van der Waals surface area contributed by atoms with Gasteiger partial charge in [0, 0.05) is 31.5 Å². The van der Waals surface area contributed by atoms with Crippen LogP contribution in [0.25, 0.3) is 0 Å². The Bertz CT molecular complexity index is 1110. The molecule has 1 heterocycles. The third kappa shape index (κ3) is 35.8. The summed E-state index contributed by atoms with van der Waals surface area (Å²) in [5.41, 5.74) is 1.17. The van der Waals surface area contributed by atoms with Crippen molar-refractivity contribution in [1.29, 1.82) is 0 Å². The molecular weight excluding hydrogens is 805 g/mol. The largest absolute Gasteiger partial charge is 0.462 e. The summed E-state index contributed by atoms with van der Waals surface area (Å²) >= 11 is 0. The van der Waals surface area contributed by atoms with Gasteiger partial charge in [0.1, 0.15) is 12.2 Å². The lowest BCUT2D eigenvalue weighted by Crippen LogP contribution is -2.30. The van der Waals surface area contributed by atoms with E-state index >= 15 is 0 Å². The summed E-state index contributed by atoms with van der Waals surface area (Å²) in [6, 6.07) is 0. The van der Waals surface area contributed by atoms with Gasteiger partial charge in [-0.25, -0.2) is 0 Å². The normalized spacial score (nSPS) is 12.9. The highest BCUT2D eigenvalue weighted by molar-refractivity contribution is 5.69. The van der Waals surface area contributed by atoms with E-state index in [0.717, 1.165) is 77.5 Å². The molecule has 8 nitrogen and oxygen atoms in total. The van der Waals surface area contributed by atoms with Crippen molar-refractivity contribution in [3.63, 3.8) is 0 Å². The van der Waals surface area contributed by atoms with Crippen LogP contribution < -0.4 is 0 Å². The molecular formula is C57H108N4O4. The van der Waals surface area contributed by atoms with Gasteiger partial charge in [0.25, 0.3) is 0 Å². The smallest absolute Gasteiger partial charge is 0.306 e. The van der Waals surface area contributed by atoms with Crippen molar-refractivity contribution in [2.45, 2.75) is 322 Å². The highest BCUT2D eigenvalue weighted by Gasteiger charge is 2.26. The minimum atomic E-state index is 0.0299. The third-order valence-electron chi connectivity index (χ3n) is 14.0. The molecule has 0 amide bonds. The molecule has 1 aliphatic carbocycles. The lowest BCUT2D eigenvalue weighted by atomic mass is 10.0.